The summed E-state index contributed by atoms with van der Waals surface area (Å²) < 4.78 is 18.0. The van der Waals surface area contributed by atoms with Crippen LogP contribution in [0.1, 0.15) is 42.5 Å². The third-order valence-corrected chi connectivity index (χ3v) is 8.34. The molecule has 0 aliphatic carbocycles. The van der Waals surface area contributed by atoms with E-state index in [0.717, 1.165) is 64.5 Å². The summed E-state index contributed by atoms with van der Waals surface area (Å²) in [4.78, 5) is 37.8. The number of amides is 2. The van der Waals surface area contributed by atoms with Crippen LogP contribution in [-0.4, -0.2) is 54.2 Å². The molecule has 3 fully saturated rings. The standard InChI is InChI=1S/C29H26N4O5/c34-26-2-1-7-32(26)19-3-5-21-22-13-30-18(10-23(22)29(15-36-16-29)38-25(21)11-19)8-17-9-24-28(31-12-17)37-14-20-4-6-27(35)33(20)24/h3,5,9-13,20H,1-2,4,6-8,14-16H2/t20-/m0/s1. The lowest BCUT2D eigenvalue weighted by molar-refractivity contribution is -0.169. The second kappa shape index (κ2) is 8.01. The fourth-order valence-electron chi connectivity index (χ4n) is 6.34. The summed E-state index contributed by atoms with van der Waals surface area (Å²) in [6.45, 7) is 2.17. The van der Waals surface area contributed by atoms with Crippen LogP contribution in [0, 0.1) is 0 Å². The van der Waals surface area contributed by atoms with E-state index in [-0.39, 0.29) is 17.9 Å². The van der Waals surface area contributed by atoms with Gasteiger partial charge in [0.15, 0.2) is 5.60 Å². The van der Waals surface area contributed by atoms with Gasteiger partial charge in [0.25, 0.3) is 0 Å². The SMILES string of the molecule is O=C1CCCN1c1ccc2c(c1)OC1(COC1)c1cc(Cc3cnc4c(c3)N3C(=O)CC[C@H]3CO4)ncc1-2. The van der Waals surface area contributed by atoms with Crippen molar-refractivity contribution >= 4 is 23.2 Å². The first kappa shape index (κ1) is 22.0. The Balaban J connectivity index is 1.14. The largest absolute Gasteiger partial charge is 0.477 e. The summed E-state index contributed by atoms with van der Waals surface area (Å²) in [6, 6.07) is 10.2. The number of fused-ring (bicyclic) bond motifs is 7. The van der Waals surface area contributed by atoms with Crippen molar-refractivity contribution in [2.75, 3.05) is 36.2 Å². The van der Waals surface area contributed by atoms with Crippen LogP contribution in [0.2, 0.25) is 0 Å². The summed E-state index contributed by atoms with van der Waals surface area (Å²) in [5.74, 6) is 1.56. The van der Waals surface area contributed by atoms with E-state index in [0.29, 0.717) is 45.0 Å². The highest BCUT2D eigenvalue weighted by Crippen LogP contribution is 2.49. The summed E-state index contributed by atoms with van der Waals surface area (Å²) in [6.07, 6.45) is 7.12. The van der Waals surface area contributed by atoms with Crippen LogP contribution in [0.25, 0.3) is 11.1 Å². The minimum absolute atomic E-state index is 0.0914. The van der Waals surface area contributed by atoms with Gasteiger partial charge in [-0.25, -0.2) is 4.98 Å². The number of hydrogen-bond donors (Lipinski definition) is 0. The van der Waals surface area contributed by atoms with Crippen molar-refractivity contribution in [3.05, 3.63) is 59.5 Å². The summed E-state index contributed by atoms with van der Waals surface area (Å²) in [5, 5.41) is 0. The maximum Gasteiger partial charge on any atom is 0.238 e. The molecule has 0 bridgehead atoms. The predicted octanol–water partition coefficient (Wildman–Crippen LogP) is 3.37. The summed E-state index contributed by atoms with van der Waals surface area (Å²) >= 11 is 0. The van der Waals surface area contributed by atoms with E-state index in [1.807, 2.05) is 40.3 Å². The average Bonchev–Trinajstić information content (AvgIpc) is 3.52. The van der Waals surface area contributed by atoms with Crippen molar-refractivity contribution in [2.24, 2.45) is 0 Å². The van der Waals surface area contributed by atoms with Crippen LogP contribution in [0.4, 0.5) is 11.4 Å². The molecule has 7 heterocycles. The molecule has 1 spiro atoms. The second-order valence-electron chi connectivity index (χ2n) is 10.8. The van der Waals surface area contributed by atoms with Crippen LogP contribution < -0.4 is 19.3 Å². The average molecular weight is 511 g/mol. The topological polar surface area (TPSA) is 94.1 Å². The number of carbonyl (C=O) groups is 2. The first-order valence-corrected chi connectivity index (χ1v) is 13.2. The van der Waals surface area contributed by atoms with Gasteiger partial charge in [0.05, 0.1) is 19.3 Å². The predicted molar refractivity (Wildman–Crippen MR) is 137 cm³/mol. The Bertz CT molecular complexity index is 1520. The number of benzene rings is 1. The van der Waals surface area contributed by atoms with E-state index < -0.39 is 5.60 Å². The Kier molecular flexibility index (Phi) is 4.65. The van der Waals surface area contributed by atoms with Crippen molar-refractivity contribution in [3.63, 3.8) is 0 Å². The third-order valence-electron chi connectivity index (χ3n) is 8.34. The number of nitrogens with zero attached hydrogens (tertiary/aromatic N) is 4. The minimum atomic E-state index is -0.565. The molecule has 38 heavy (non-hydrogen) atoms. The van der Waals surface area contributed by atoms with E-state index in [1.165, 1.54) is 0 Å². The van der Waals surface area contributed by atoms with Crippen LogP contribution in [-0.2, 0) is 26.3 Å². The number of hydrogen-bond acceptors (Lipinski definition) is 7. The molecule has 2 aromatic heterocycles. The second-order valence-corrected chi connectivity index (χ2v) is 10.8. The molecule has 9 nitrogen and oxygen atoms in total. The lowest BCUT2D eigenvalue weighted by Crippen LogP contribution is -2.53. The Hall–Kier alpha value is -3.98. The van der Waals surface area contributed by atoms with E-state index in [2.05, 4.69) is 11.1 Å². The van der Waals surface area contributed by atoms with Crippen molar-refractivity contribution in [1.29, 1.82) is 0 Å². The highest BCUT2D eigenvalue weighted by atomic mass is 16.6. The van der Waals surface area contributed by atoms with Crippen molar-refractivity contribution in [2.45, 2.75) is 43.7 Å². The number of pyridine rings is 2. The van der Waals surface area contributed by atoms with Crippen LogP contribution >= 0.6 is 0 Å². The maximum atomic E-state index is 12.5. The molecule has 1 atom stereocenters. The molecule has 0 unspecified atom stereocenters. The van der Waals surface area contributed by atoms with E-state index in [4.69, 9.17) is 19.2 Å². The van der Waals surface area contributed by atoms with Gasteiger partial charge >= 0.3 is 0 Å². The summed E-state index contributed by atoms with van der Waals surface area (Å²) in [7, 11) is 0. The number of anilines is 2. The molecule has 3 aromatic rings. The van der Waals surface area contributed by atoms with Crippen LogP contribution in [0.5, 0.6) is 11.6 Å². The quantitative estimate of drug-likeness (QED) is 0.533. The lowest BCUT2D eigenvalue weighted by atomic mass is 9.83. The van der Waals surface area contributed by atoms with Gasteiger partial charge in [-0.2, -0.15) is 0 Å². The van der Waals surface area contributed by atoms with Crippen LogP contribution in [0.15, 0.2) is 42.7 Å². The first-order valence-electron chi connectivity index (χ1n) is 13.2. The van der Waals surface area contributed by atoms with E-state index >= 15 is 0 Å². The maximum absolute atomic E-state index is 12.5. The molecule has 3 saturated heterocycles. The van der Waals surface area contributed by atoms with E-state index in [9.17, 15) is 9.59 Å². The van der Waals surface area contributed by atoms with Gasteiger partial charge < -0.3 is 24.0 Å². The van der Waals surface area contributed by atoms with Gasteiger partial charge in [0.2, 0.25) is 17.7 Å². The highest BCUT2D eigenvalue weighted by molar-refractivity contribution is 5.98. The smallest absolute Gasteiger partial charge is 0.238 e. The normalized spacial score (nSPS) is 22.3. The number of carbonyl (C=O) groups excluding carboxylic acids is 2. The fraction of sp³-hybridized carbons (Fsp3) is 0.379. The lowest BCUT2D eigenvalue weighted by Gasteiger charge is -2.45. The molecule has 5 aliphatic rings. The van der Waals surface area contributed by atoms with Gasteiger partial charge in [0.1, 0.15) is 18.0 Å². The van der Waals surface area contributed by atoms with Gasteiger partial charge in [0, 0.05) is 72.3 Å². The Morgan fingerprint density at radius 2 is 1.92 bits per heavy atom. The highest BCUT2D eigenvalue weighted by Gasteiger charge is 2.48. The van der Waals surface area contributed by atoms with Gasteiger partial charge in [-0.15, -0.1) is 0 Å². The van der Waals surface area contributed by atoms with Crippen molar-refractivity contribution in [1.82, 2.24) is 9.97 Å². The number of rotatable bonds is 3. The van der Waals surface area contributed by atoms with Crippen molar-refractivity contribution < 1.29 is 23.8 Å². The molecule has 8 rings (SSSR count). The molecule has 192 valence electrons. The Labute approximate surface area is 219 Å². The zero-order valence-corrected chi connectivity index (χ0v) is 20.8. The van der Waals surface area contributed by atoms with Gasteiger partial charge in [-0.3, -0.25) is 14.6 Å². The molecule has 5 aliphatic heterocycles. The van der Waals surface area contributed by atoms with Crippen LogP contribution in [0.3, 0.4) is 0 Å². The first-order chi connectivity index (χ1) is 18.6. The number of ether oxygens (including phenoxy) is 3. The Morgan fingerprint density at radius 3 is 2.74 bits per heavy atom. The fourth-order valence-corrected chi connectivity index (χ4v) is 6.34. The minimum Gasteiger partial charge on any atom is -0.477 e. The van der Waals surface area contributed by atoms with Gasteiger partial charge in [-0.1, -0.05) is 0 Å². The zero-order chi connectivity index (χ0) is 25.4. The molecule has 0 N–H and O–H groups in total. The monoisotopic (exact) mass is 510 g/mol. The Morgan fingerprint density at radius 1 is 1.00 bits per heavy atom. The third kappa shape index (κ3) is 3.21. The number of aromatic nitrogens is 2. The summed E-state index contributed by atoms with van der Waals surface area (Å²) in [5.41, 5.74) is 5.99. The van der Waals surface area contributed by atoms with E-state index in [1.54, 1.807) is 6.20 Å². The van der Waals surface area contributed by atoms with Crippen molar-refractivity contribution in [3.8, 4) is 22.8 Å². The molecule has 2 amide bonds. The van der Waals surface area contributed by atoms with Gasteiger partial charge in [-0.05, 0) is 42.7 Å². The molecular formula is C29H26N4O5. The zero-order valence-electron chi connectivity index (χ0n) is 20.8. The molecule has 9 heteroatoms. The molecule has 0 saturated carbocycles. The molecule has 1 aromatic carbocycles. The molecule has 0 radical (unpaired) electrons. The molecular weight excluding hydrogens is 484 g/mol.